The van der Waals surface area contributed by atoms with E-state index in [1.165, 1.54) is 27.1 Å². The van der Waals surface area contributed by atoms with Gasteiger partial charge < -0.3 is 0 Å². The van der Waals surface area contributed by atoms with Crippen LogP contribution in [0.2, 0.25) is 0 Å². The van der Waals surface area contributed by atoms with E-state index in [0.29, 0.717) is 0 Å². The van der Waals surface area contributed by atoms with Gasteiger partial charge in [-0.2, -0.15) is 0 Å². The summed E-state index contributed by atoms with van der Waals surface area (Å²) in [6, 6.07) is 16.8. The minimum atomic E-state index is -0.811. The Morgan fingerprint density at radius 3 is 2.60 bits per heavy atom. The highest BCUT2D eigenvalue weighted by Crippen LogP contribution is 2.41. The van der Waals surface area contributed by atoms with E-state index in [1.54, 1.807) is 0 Å². The fourth-order valence-corrected chi connectivity index (χ4v) is 3.53. The molecule has 1 aliphatic carbocycles. The first-order valence-electron chi connectivity index (χ1n) is 7.33. The van der Waals surface area contributed by atoms with Gasteiger partial charge in [-0.25, -0.2) is 4.39 Å². The van der Waals surface area contributed by atoms with Gasteiger partial charge in [-0.3, -0.25) is 0 Å². The summed E-state index contributed by atoms with van der Waals surface area (Å²) in [4.78, 5) is 0. The van der Waals surface area contributed by atoms with Crippen molar-refractivity contribution in [3.05, 3.63) is 59.7 Å². The minimum Gasteiger partial charge on any atom is -0.242 e. The van der Waals surface area contributed by atoms with Gasteiger partial charge in [0.05, 0.1) is 0 Å². The zero-order chi connectivity index (χ0) is 13.7. The number of hydrogen-bond acceptors (Lipinski definition) is 0. The topological polar surface area (TPSA) is 0 Å². The molecule has 0 saturated carbocycles. The first-order valence-corrected chi connectivity index (χ1v) is 7.33. The van der Waals surface area contributed by atoms with Gasteiger partial charge in [0.1, 0.15) is 6.17 Å². The van der Waals surface area contributed by atoms with E-state index in [4.69, 9.17) is 0 Å². The minimum absolute atomic E-state index is 0.139. The summed E-state index contributed by atoms with van der Waals surface area (Å²) < 4.78 is 14.4. The Kier molecular flexibility index (Phi) is 2.56. The molecule has 0 N–H and O–H groups in total. The molecule has 0 saturated heterocycles. The predicted molar refractivity (Wildman–Crippen MR) is 82.8 cm³/mol. The summed E-state index contributed by atoms with van der Waals surface area (Å²) >= 11 is 0. The van der Waals surface area contributed by atoms with Gasteiger partial charge in [-0.1, -0.05) is 55.5 Å². The summed E-state index contributed by atoms with van der Waals surface area (Å²) in [5.74, 6) is 0.139. The highest BCUT2D eigenvalue weighted by Gasteiger charge is 2.27. The lowest BCUT2D eigenvalue weighted by atomic mass is 9.80. The second kappa shape index (κ2) is 4.31. The molecule has 2 atom stereocenters. The van der Waals surface area contributed by atoms with Crippen molar-refractivity contribution in [2.24, 2.45) is 5.92 Å². The van der Waals surface area contributed by atoms with Crippen LogP contribution in [0.4, 0.5) is 4.39 Å². The third kappa shape index (κ3) is 1.59. The van der Waals surface area contributed by atoms with E-state index in [2.05, 4.69) is 42.5 Å². The van der Waals surface area contributed by atoms with Crippen LogP contribution in [-0.4, -0.2) is 0 Å². The number of benzene rings is 3. The smallest absolute Gasteiger partial charge is 0.128 e. The van der Waals surface area contributed by atoms with Crippen molar-refractivity contribution in [3.8, 4) is 0 Å². The van der Waals surface area contributed by atoms with Gasteiger partial charge in [0, 0.05) is 0 Å². The molecular weight excluding hydrogens is 247 g/mol. The van der Waals surface area contributed by atoms with E-state index >= 15 is 0 Å². The molecular formula is C19H17F. The second-order valence-corrected chi connectivity index (χ2v) is 5.93. The Hall–Kier alpha value is -1.89. The van der Waals surface area contributed by atoms with E-state index < -0.39 is 6.17 Å². The highest BCUT2D eigenvalue weighted by atomic mass is 19.1. The highest BCUT2D eigenvalue weighted by molar-refractivity contribution is 6.08. The van der Waals surface area contributed by atoms with Crippen molar-refractivity contribution >= 4 is 21.5 Å². The Labute approximate surface area is 118 Å². The largest absolute Gasteiger partial charge is 0.242 e. The zero-order valence-corrected chi connectivity index (χ0v) is 11.6. The van der Waals surface area contributed by atoms with Crippen LogP contribution in [0.15, 0.2) is 48.5 Å². The van der Waals surface area contributed by atoms with E-state index in [-0.39, 0.29) is 5.92 Å². The molecule has 4 rings (SSSR count). The Balaban J connectivity index is 2.08. The van der Waals surface area contributed by atoms with Gasteiger partial charge in [-0.15, -0.1) is 0 Å². The number of fused-ring (bicyclic) bond motifs is 5. The van der Waals surface area contributed by atoms with Crippen molar-refractivity contribution in [2.45, 2.75) is 25.9 Å². The number of hydrogen-bond donors (Lipinski definition) is 0. The number of halogens is 1. The van der Waals surface area contributed by atoms with Crippen LogP contribution in [0, 0.1) is 5.92 Å². The summed E-state index contributed by atoms with van der Waals surface area (Å²) in [6.07, 6.45) is 1.13. The molecule has 2 unspecified atom stereocenters. The third-order valence-electron chi connectivity index (χ3n) is 4.72. The van der Waals surface area contributed by atoms with Gasteiger partial charge in [0.2, 0.25) is 0 Å². The quantitative estimate of drug-likeness (QED) is 0.464. The predicted octanol–water partition coefficient (Wildman–Crippen LogP) is 5.59. The molecule has 0 aromatic heterocycles. The lowest BCUT2D eigenvalue weighted by Gasteiger charge is -2.27. The van der Waals surface area contributed by atoms with Crippen LogP contribution >= 0.6 is 0 Å². The van der Waals surface area contributed by atoms with E-state index in [1.807, 2.05) is 13.0 Å². The monoisotopic (exact) mass is 264 g/mol. The number of rotatable bonds is 0. The molecule has 0 heterocycles. The molecule has 0 nitrogen and oxygen atoms in total. The molecule has 1 heteroatoms. The molecule has 0 amide bonds. The van der Waals surface area contributed by atoms with Crippen molar-refractivity contribution in [1.82, 2.24) is 0 Å². The summed E-state index contributed by atoms with van der Waals surface area (Å²) in [5, 5.41) is 5.00. The van der Waals surface area contributed by atoms with Crippen LogP contribution in [0.25, 0.3) is 21.5 Å². The summed E-state index contributed by atoms with van der Waals surface area (Å²) in [5.41, 5.74) is 2.13. The molecule has 3 aromatic rings. The first-order chi connectivity index (χ1) is 9.75. The molecule has 1 aliphatic rings. The molecule has 0 spiro atoms. The molecule has 100 valence electrons. The average molecular weight is 264 g/mol. The van der Waals surface area contributed by atoms with Crippen molar-refractivity contribution in [2.75, 3.05) is 0 Å². The van der Waals surface area contributed by atoms with Gasteiger partial charge in [0.15, 0.2) is 0 Å². The zero-order valence-electron chi connectivity index (χ0n) is 11.6. The van der Waals surface area contributed by atoms with Gasteiger partial charge in [-0.05, 0) is 51.4 Å². The maximum Gasteiger partial charge on any atom is 0.128 e. The van der Waals surface area contributed by atoms with Crippen molar-refractivity contribution in [1.29, 1.82) is 0 Å². The normalized spacial score (nSPS) is 22.1. The lowest BCUT2D eigenvalue weighted by molar-refractivity contribution is 0.222. The summed E-state index contributed by atoms with van der Waals surface area (Å²) in [7, 11) is 0. The molecule has 0 radical (unpaired) electrons. The summed E-state index contributed by atoms with van der Waals surface area (Å²) in [6.45, 7) is 2.01. The van der Waals surface area contributed by atoms with Gasteiger partial charge >= 0.3 is 0 Å². The SMILES string of the molecule is CC1CCc2c(ccc3c2ccc2ccccc23)C1F. The van der Waals surface area contributed by atoms with E-state index in [0.717, 1.165) is 18.4 Å². The third-order valence-corrected chi connectivity index (χ3v) is 4.72. The van der Waals surface area contributed by atoms with E-state index in [9.17, 15) is 4.39 Å². The molecule has 20 heavy (non-hydrogen) atoms. The van der Waals surface area contributed by atoms with Crippen LogP contribution in [-0.2, 0) is 6.42 Å². The second-order valence-electron chi connectivity index (χ2n) is 5.93. The Bertz CT molecular complexity index is 803. The van der Waals surface area contributed by atoms with Crippen LogP contribution in [0.1, 0.15) is 30.6 Å². The Morgan fingerprint density at radius 2 is 1.70 bits per heavy atom. The molecule has 0 aliphatic heterocycles. The fourth-order valence-electron chi connectivity index (χ4n) is 3.53. The van der Waals surface area contributed by atoms with Gasteiger partial charge in [0.25, 0.3) is 0 Å². The average Bonchev–Trinajstić information content (AvgIpc) is 2.50. The van der Waals surface area contributed by atoms with Crippen molar-refractivity contribution < 1.29 is 4.39 Å². The molecule has 0 bridgehead atoms. The van der Waals surface area contributed by atoms with Crippen LogP contribution in [0.3, 0.4) is 0 Å². The number of aryl methyl sites for hydroxylation is 1. The number of alkyl halides is 1. The maximum absolute atomic E-state index is 14.4. The standard InChI is InChI=1S/C19H17F/c1-12-6-8-17-16-9-7-13-4-2-3-5-14(13)15(16)10-11-18(17)19(12)20/h2-5,7,9-12,19H,6,8H2,1H3. The fraction of sp³-hybridized carbons (Fsp3) is 0.263. The lowest BCUT2D eigenvalue weighted by Crippen LogP contribution is -2.15. The maximum atomic E-state index is 14.4. The molecule has 3 aromatic carbocycles. The van der Waals surface area contributed by atoms with Crippen LogP contribution in [0.5, 0.6) is 0 Å². The van der Waals surface area contributed by atoms with Crippen molar-refractivity contribution in [3.63, 3.8) is 0 Å². The van der Waals surface area contributed by atoms with Crippen LogP contribution < -0.4 is 0 Å². The Morgan fingerprint density at radius 1 is 0.900 bits per heavy atom. The first kappa shape index (κ1) is 11.9. The molecule has 0 fully saturated rings.